The van der Waals surface area contributed by atoms with E-state index in [2.05, 4.69) is 21.5 Å². The molecule has 0 spiro atoms. The molecule has 1 aliphatic carbocycles. The van der Waals surface area contributed by atoms with E-state index >= 15 is 0 Å². The van der Waals surface area contributed by atoms with Crippen molar-refractivity contribution in [3.63, 3.8) is 0 Å². The largest absolute Gasteiger partial charge is 0.469 e. The number of halogens is 1. The lowest BCUT2D eigenvalue weighted by atomic mass is 9.96. The van der Waals surface area contributed by atoms with Gasteiger partial charge in [-0.2, -0.15) is 5.10 Å². The maximum atomic E-state index is 5.46. The van der Waals surface area contributed by atoms with Crippen LogP contribution in [0.2, 0.25) is 0 Å². The molecule has 0 radical (unpaired) electrons. The van der Waals surface area contributed by atoms with Gasteiger partial charge in [-0.3, -0.25) is 9.67 Å². The first-order valence-electron chi connectivity index (χ1n) is 10.3. The maximum Gasteiger partial charge on any atom is 0.194 e. The molecule has 1 unspecified atom stereocenters. The van der Waals surface area contributed by atoms with Gasteiger partial charge in [-0.25, -0.2) is 0 Å². The van der Waals surface area contributed by atoms with Crippen LogP contribution in [0.1, 0.15) is 55.8 Å². The molecule has 28 heavy (non-hydrogen) atoms. The van der Waals surface area contributed by atoms with E-state index in [0.717, 1.165) is 44.2 Å². The zero-order chi connectivity index (χ0) is 18.5. The van der Waals surface area contributed by atoms with Gasteiger partial charge in [-0.15, -0.1) is 24.0 Å². The van der Waals surface area contributed by atoms with E-state index in [4.69, 9.17) is 9.41 Å². The quantitative estimate of drug-likeness (QED) is 0.386. The number of hydrogen-bond acceptors (Lipinski definition) is 3. The average Bonchev–Trinajstić information content (AvgIpc) is 3.43. The van der Waals surface area contributed by atoms with Crippen LogP contribution in [0.15, 0.2) is 40.2 Å². The number of hydrogen-bond donors (Lipinski definition) is 1. The van der Waals surface area contributed by atoms with Gasteiger partial charge in [-0.05, 0) is 37.0 Å². The number of nitrogens with zero attached hydrogens (tertiary/aromatic N) is 4. The van der Waals surface area contributed by atoms with E-state index in [1.54, 1.807) is 6.26 Å². The predicted octanol–water partition coefficient (Wildman–Crippen LogP) is 3.94. The summed E-state index contributed by atoms with van der Waals surface area (Å²) in [5.74, 6) is 2.63. The molecule has 2 aromatic rings. The molecule has 154 valence electrons. The molecule has 0 aromatic carbocycles. The minimum absolute atomic E-state index is 0. The first-order valence-corrected chi connectivity index (χ1v) is 10.3. The second-order valence-corrected chi connectivity index (χ2v) is 7.89. The molecule has 3 heterocycles. The molecule has 2 aliphatic rings. The van der Waals surface area contributed by atoms with Crippen molar-refractivity contribution < 1.29 is 4.42 Å². The van der Waals surface area contributed by atoms with Crippen molar-refractivity contribution >= 4 is 29.9 Å². The summed E-state index contributed by atoms with van der Waals surface area (Å²) < 4.78 is 7.35. The standard InChI is InChI=1S/C21H31N5O.HI/c1-25-15-18(14-23-25)17-10-12-26(16-17)21(24-19-6-3-2-4-7-19)22-11-9-20-8-5-13-27-20;/h5,8,13-15,17,19H,2-4,6-7,9-12,16H2,1H3,(H,22,24);1H. The lowest BCUT2D eigenvalue weighted by molar-refractivity contribution is 0.388. The second kappa shape index (κ2) is 10.3. The molecular formula is C21H32IN5O. The topological polar surface area (TPSA) is 58.6 Å². The highest BCUT2D eigenvalue weighted by Gasteiger charge is 2.28. The summed E-state index contributed by atoms with van der Waals surface area (Å²) in [4.78, 5) is 7.40. The van der Waals surface area contributed by atoms with Gasteiger partial charge >= 0.3 is 0 Å². The van der Waals surface area contributed by atoms with Gasteiger partial charge in [0.1, 0.15) is 5.76 Å². The fourth-order valence-corrected chi connectivity index (χ4v) is 4.27. The van der Waals surface area contributed by atoms with Gasteiger partial charge in [0.25, 0.3) is 0 Å². The van der Waals surface area contributed by atoms with E-state index < -0.39 is 0 Å². The van der Waals surface area contributed by atoms with E-state index in [-0.39, 0.29) is 24.0 Å². The Morgan fingerprint density at radius 2 is 2.14 bits per heavy atom. The Labute approximate surface area is 184 Å². The van der Waals surface area contributed by atoms with Crippen molar-refractivity contribution in [1.29, 1.82) is 0 Å². The fourth-order valence-electron chi connectivity index (χ4n) is 4.27. The van der Waals surface area contributed by atoms with Crippen LogP contribution >= 0.6 is 24.0 Å². The Bertz CT molecular complexity index is 736. The highest BCUT2D eigenvalue weighted by Crippen LogP contribution is 2.27. The van der Waals surface area contributed by atoms with Crippen molar-refractivity contribution in [1.82, 2.24) is 20.0 Å². The molecule has 2 aromatic heterocycles. The van der Waals surface area contributed by atoms with E-state index in [1.165, 1.54) is 37.7 Å². The lowest BCUT2D eigenvalue weighted by Crippen LogP contribution is -2.46. The van der Waals surface area contributed by atoms with Crippen LogP contribution in [0.5, 0.6) is 0 Å². The average molecular weight is 497 g/mol. The molecule has 1 aliphatic heterocycles. The van der Waals surface area contributed by atoms with Crippen LogP contribution in [0, 0.1) is 0 Å². The van der Waals surface area contributed by atoms with Crippen LogP contribution in [-0.4, -0.2) is 46.3 Å². The molecule has 1 saturated heterocycles. The van der Waals surface area contributed by atoms with Crippen LogP contribution in [0.25, 0.3) is 0 Å². The van der Waals surface area contributed by atoms with Crippen LogP contribution in [-0.2, 0) is 13.5 Å². The van der Waals surface area contributed by atoms with Gasteiger partial charge in [0.15, 0.2) is 5.96 Å². The van der Waals surface area contributed by atoms with Crippen molar-refractivity contribution in [2.24, 2.45) is 12.0 Å². The zero-order valence-electron chi connectivity index (χ0n) is 16.7. The Morgan fingerprint density at radius 1 is 1.29 bits per heavy atom. The maximum absolute atomic E-state index is 5.46. The number of aryl methyl sites for hydroxylation is 1. The smallest absolute Gasteiger partial charge is 0.194 e. The van der Waals surface area contributed by atoms with Crippen molar-refractivity contribution in [2.75, 3.05) is 19.6 Å². The third kappa shape index (κ3) is 5.52. The third-order valence-electron chi connectivity index (χ3n) is 5.82. The van der Waals surface area contributed by atoms with E-state index in [9.17, 15) is 0 Å². The molecule has 1 saturated carbocycles. The molecule has 6 nitrogen and oxygen atoms in total. The van der Waals surface area contributed by atoms with Crippen molar-refractivity contribution in [3.8, 4) is 0 Å². The molecule has 2 fully saturated rings. The molecule has 4 rings (SSSR count). The highest BCUT2D eigenvalue weighted by molar-refractivity contribution is 14.0. The van der Waals surface area contributed by atoms with Gasteiger partial charge in [0.2, 0.25) is 0 Å². The molecule has 1 atom stereocenters. The molecule has 1 N–H and O–H groups in total. The Morgan fingerprint density at radius 3 is 2.86 bits per heavy atom. The number of aliphatic imine (C=N–C) groups is 1. The SMILES string of the molecule is Cn1cc(C2CCN(C(=NCCc3ccco3)NC3CCCCC3)C2)cn1.I. The number of nitrogens with one attached hydrogen (secondary N) is 1. The van der Waals surface area contributed by atoms with Crippen LogP contribution < -0.4 is 5.32 Å². The summed E-state index contributed by atoms with van der Waals surface area (Å²) in [6.45, 7) is 2.83. The molecular weight excluding hydrogens is 465 g/mol. The summed E-state index contributed by atoms with van der Waals surface area (Å²) in [6, 6.07) is 4.54. The molecule has 0 amide bonds. The Hall–Kier alpha value is -1.51. The number of likely N-dealkylation sites (tertiary alicyclic amines) is 1. The van der Waals surface area contributed by atoms with Crippen molar-refractivity contribution in [3.05, 3.63) is 42.1 Å². The molecule has 0 bridgehead atoms. The van der Waals surface area contributed by atoms with Gasteiger partial charge in [-0.1, -0.05) is 19.3 Å². The summed E-state index contributed by atoms with van der Waals surface area (Å²) in [5.41, 5.74) is 1.34. The third-order valence-corrected chi connectivity index (χ3v) is 5.82. The molecule has 7 heteroatoms. The van der Waals surface area contributed by atoms with E-state index in [0.29, 0.717) is 12.0 Å². The normalized spacial score (nSPS) is 21.0. The predicted molar refractivity (Wildman–Crippen MR) is 122 cm³/mol. The summed E-state index contributed by atoms with van der Waals surface area (Å²) in [5, 5.41) is 8.12. The number of rotatable bonds is 5. The van der Waals surface area contributed by atoms with E-state index in [1.807, 2.05) is 30.1 Å². The number of furan rings is 1. The van der Waals surface area contributed by atoms with Crippen LogP contribution in [0.4, 0.5) is 0 Å². The second-order valence-electron chi connectivity index (χ2n) is 7.89. The first kappa shape index (κ1) is 21.2. The van der Waals surface area contributed by atoms with Gasteiger partial charge < -0.3 is 14.6 Å². The Kier molecular flexibility index (Phi) is 7.82. The van der Waals surface area contributed by atoms with Gasteiger partial charge in [0, 0.05) is 51.3 Å². The van der Waals surface area contributed by atoms with Crippen molar-refractivity contribution in [2.45, 2.75) is 56.9 Å². The highest BCUT2D eigenvalue weighted by atomic mass is 127. The summed E-state index contributed by atoms with van der Waals surface area (Å²) in [7, 11) is 1.99. The monoisotopic (exact) mass is 497 g/mol. The summed E-state index contributed by atoms with van der Waals surface area (Å²) >= 11 is 0. The number of aromatic nitrogens is 2. The Balaban J connectivity index is 0.00000225. The summed E-state index contributed by atoms with van der Waals surface area (Å²) in [6.07, 6.45) is 14.5. The van der Waals surface area contributed by atoms with Gasteiger partial charge in [0.05, 0.1) is 12.5 Å². The minimum atomic E-state index is 0. The fraction of sp³-hybridized carbons (Fsp3) is 0.619. The minimum Gasteiger partial charge on any atom is -0.469 e. The first-order chi connectivity index (χ1) is 13.3. The zero-order valence-corrected chi connectivity index (χ0v) is 19.0. The lowest BCUT2D eigenvalue weighted by Gasteiger charge is -2.29. The van der Waals surface area contributed by atoms with Crippen LogP contribution in [0.3, 0.4) is 0 Å². The number of guanidine groups is 1.